The first-order chi connectivity index (χ1) is 13.1. The molecule has 8 heteroatoms. The van der Waals surface area contributed by atoms with Gasteiger partial charge in [-0.3, -0.25) is 0 Å². The molecule has 136 valence electrons. The van der Waals surface area contributed by atoms with Crippen molar-refractivity contribution in [3.05, 3.63) is 72.1 Å². The van der Waals surface area contributed by atoms with Crippen molar-refractivity contribution in [2.45, 2.75) is 0 Å². The fraction of sp³-hybridized carbons (Fsp3) is 0.0526. The summed E-state index contributed by atoms with van der Waals surface area (Å²) >= 11 is 0. The zero-order valence-corrected chi connectivity index (χ0v) is 14.3. The second-order valence-electron chi connectivity index (χ2n) is 5.46. The van der Waals surface area contributed by atoms with Gasteiger partial charge in [0, 0.05) is 11.8 Å². The third-order valence-corrected chi connectivity index (χ3v) is 3.67. The zero-order valence-electron chi connectivity index (χ0n) is 14.3. The van der Waals surface area contributed by atoms with E-state index < -0.39 is 11.9 Å². The van der Waals surface area contributed by atoms with Crippen molar-refractivity contribution in [3.8, 4) is 0 Å². The van der Waals surface area contributed by atoms with Gasteiger partial charge in [-0.2, -0.15) is 0 Å². The molecule has 0 aliphatic carbocycles. The highest BCUT2D eigenvalue weighted by Crippen LogP contribution is 2.22. The highest BCUT2D eigenvalue weighted by Gasteiger charge is 2.10. The summed E-state index contributed by atoms with van der Waals surface area (Å²) in [4.78, 5) is 31.0. The monoisotopic (exact) mass is 364 g/mol. The number of nitrogens with one attached hydrogen (secondary N) is 2. The summed E-state index contributed by atoms with van der Waals surface area (Å²) in [6.45, 7) is 0. The van der Waals surface area contributed by atoms with Crippen LogP contribution in [0.5, 0.6) is 0 Å². The SMILES string of the molecule is COC(=O)c1ccc(Nc2cc(Nc3ccccc3C(=O)O)ncn2)cc1. The van der Waals surface area contributed by atoms with Gasteiger partial charge in [0.1, 0.15) is 18.0 Å². The van der Waals surface area contributed by atoms with Crippen molar-refractivity contribution in [2.24, 2.45) is 0 Å². The number of rotatable bonds is 6. The number of esters is 1. The molecule has 0 atom stereocenters. The van der Waals surface area contributed by atoms with Gasteiger partial charge in [-0.25, -0.2) is 19.6 Å². The van der Waals surface area contributed by atoms with E-state index in [9.17, 15) is 14.7 Å². The first-order valence-electron chi connectivity index (χ1n) is 7.93. The van der Waals surface area contributed by atoms with Crippen LogP contribution in [-0.4, -0.2) is 34.1 Å². The molecule has 3 rings (SSSR count). The molecule has 0 fully saturated rings. The Morgan fingerprint density at radius 3 is 2.30 bits per heavy atom. The number of hydrogen-bond acceptors (Lipinski definition) is 7. The summed E-state index contributed by atoms with van der Waals surface area (Å²) in [5.41, 5.74) is 1.73. The van der Waals surface area contributed by atoms with Crippen molar-refractivity contribution in [3.63, 3.8) is 0 Å². The maximum atomic E-state index is 11.5. The summed E-state index contributed by atoms with van der Waals surface area (Å²) in [6, 6.07) is 14.9. The minimum absolute atomic E-state index is 0.143. The average Bonchev–Trinajstić information content (AvgIpc) is 2.68. The van der Waals surface area contributed by atoms with Gasteiger partial charge in [-0.05, 0) is 36.4 Å². The van der Waals surface area contributed by atoms with E-state index in [-0.39, 0.29) is 5.56 Å². The molecule has 0 aliphatic rings. The molecule has 3 N–H and O–H groups in total. The molecular formula is C19H16N4O4. The molecule has 0 saturated heterocycles. The number of aromatic carboxylic acids is 1. The molecule has 2 aromatic carbocycles. The highest BCUT2D eigenvalue weighted by atomic mass is 16.5. The van der Waals surface area contributed by atoms with Gasteiger partial charge < -0.3 is 20.5 Å². The Morgan fingerprint density at radius 1 is 0.963 bits per heavy atom. The highest BCUT2D eigenvalue weighted by molar-refractivity contribution is 5.95. The summed E-state index contributed by atoms with van der Waals surface area (Å²) in [5, 5.41) is 15.3. The molecule has 27 heavy (non-hydrogen) atoms. The molecular weight excluding hydrogens is 348 g/mol. The molecule has 3 aromatic rings. The van der Waals surface area contributed by atoms with E-state index in [1.54, 1.807) is 48.5 Å². The molecule has 0 spiro atoms. The standard InChI is InChI=1S/C19H16N4O4/c1-27-19(26)12-6-8-13(9-7-12)22-16-10-17(21-11-20-16)23-15-5-3-2-4-14(15)18(24)25/h2-11H,1H3,(H,24,25)(H2,20,21,22,23). The second kappa shape index (κ2) is 7.96. The molecule has 1 aromatic heterocycles. The molecule has 0 amide bonds. The Morgan fingerprint density at radius 2 is 1.63 bits per heavy atom. The van der Waals surface area contributed by atoms with Gasteiger partial charge in [0.15, 0.2) is 0 Å². The fourth-order valence-corrected chi connectivity index (χ4v) is 2.37. The number of ether oxygens (including phenoxy) is 1. The lowest BCUT2D eigenvalue weighted by molar-refractivity contribution is 0.0600. The lowest BCUT2D eigenvalue weighted by atomic mass is 10.2. The van der Waals surface area contributed by atoms with E-state index in [1.807, 2.05) is 0 Å². The minimum atomic E-state index is -1.03. The van der Waals surface area contributed by atoms with Gasteiger partial charge in [-0.1, -0.05) is 12.1 Å². The van der Waals surface area contributed by atoms with Crippen molar-refractivity contribution in [1.29, 1.82) is 0 Å². The van der Waals surface area contributed by atoms with Gasteiger partial charge in [0.25, 0.3) is 0 Å². The van der Waals surface area contributed by atoms with E-state index in [2.05, 4.69) is 25.3 Å². The number of methoxy groups -OCH3 is 1. The van der Waals surface area contributed by atoms with E-state index in [1.165, 1.54) is 19.5 Å². The number of carboxylic acid groups (broad SMARTS) is 1. The maximum Gasteiger partial charge on any atom is 0.337 e. The Bertz CT molecular complexity index is 973. The van der Waals surface area contributed by atoms with Crippen LogP contribution in [0.3, 0.4) is 0 Å². The predicted molar refractivity (Wildman–Crippen MR) is 99.8 cm³/mol. The number of nitrogens with zero attached hydrogens (tertiary/aromatic N) is 2. The molecule has 0 bridgehead atoms. The normalized spacial score (nSPS) is 10.1. The predicted octanol–water partition coefficient (Wildman–Crippen LogP) is 3.45. The number of anilines is 4. The Balaban J connectivity index is 1.76. The largest absolute Gasteiger partial charge is 0.478 e. The Hall–Kier alpha value is -3.94. The first-order valence-corrected chi connectivity index (χ1v) is 7.93. The van der Waals surface area contributed by atoms with Crippen LogP contribution in [0.15, 0.2) is 60.9 Å². The quantitative estimate of drug-likeness (QED) is 0.570. The molecule has 8 nitrogen and oxygen atoms in total. The van der Waals surface area contributed by atoms with Crippen LogP contribution in [0.2, 0.25) is 0 Å². The molecule has 0 unspecified atom stereocenters. The van der Waals surface area contributed by atoms with Crippen LogP contribution in [0.25, 0.3) is 0 Å². The average molecular weight is 364 g/mol. The van der Waals surface area contributed by atoms with E-state index in [0.717, 1.165) is 5.69 Å². The topological polar surface area (TPSA) is 113 Å². The summed E-state index contributed by atoms with van der Waals surface area (Å²) in [5.74, 6) is -0.498. The zero-order chi connectivity index (χ0) is 19.2. The third-order valence-electron chi connectivity index (χ3n) is 3.67. The number of benzene rings is 2. The molecule has 0 radical (unpaired) electrons. The number of para-hydroxylation sites is 1. The first kappa shape index (κ1) is 17.9. The summed E-state index contributed by atoms with van der Waals surface area (Å²) in [7, 11) is 1.33. The van der Waals surface area contributed by atoms with E-state index >= 15 is 0 Å². The number of carbonyl (C=O) groups is 2. The third kappa shape index (κ3) is 4.37. The lowest BCUT2D eigenvalue weighted by Crippen LogP contribution is -2.04. The van der Waals surface area contributed by atoms with Crippen molar-refractivity contribution in [2.75, 3.05) is 17.7 Å². The van der Waals surface area contributed by atoms with Gasteiger partial charge in [-0.15, -0.1) is 0 Å². The van der Waals surface area contributed by atoms with Crippen LogP contribution in [0, 0.1) is 0 Å². The second-order valence-corrected chi connectivity index (χ2v) is 5.46. The van der Waals surface area contributed by atoms with Crippen molar-refractivity contribution >= 4 is 34.9 Å². The van der Waals surface area contributed by atoms with Gasteiger partial charge in [0.2, 0.25) is 0 Å². The number of aromatic nitrogens is 2. The fourth-order valence-electron chi connectivity index (χ4n) is 2.37. The number of carbonyl (C=O) groups excluding carboxylic acids is 1. The van der Waals surface area contributed by atoms with Crippen LogP contribution in [0.4, 0.5) is 23.0 Å². The van der Waals surface area contributed by atoms with Crippen LogP contribution >= 0.6 is 0 Å². The van der Waals surface area contributed by atoms with Crippen LogP contribution in [-0.2, 0) is 4.74 Å². The Labute approximate surface area is 154 Å². The molecule has 0 aliphatic heterocycles. The summed E-state index contributed by atoms with van der Waals surface area (Å²) in [6.07, 6.45) is 1.36. The lowest BCUT2D eigenvalue weighted by Gasteiger charge is -2.10. The number of carboxylic acids is 1. The minimum Gasteiger partial charge on any atom is -0.478 e. The van der Waals surface area contributed by atoms with Crippen LogP contribution < -0.4 is 10.6 Å². The van der Waals surface area contributed by atoms with Gasteiger partial charge >= 0.3 is 11.9 Å². The number of hydrogen-bond donors (Lipinski definition) is 3. The Kier molecular flexibility index (Phi) is 5.27. The van der Waals surface area contributed by atoms with Crippen molar-refractivity contribution < 1.29 is 19.4 Å². The van der Waals surface area contributed by atoms with E-state index in [4.69, 9.17) is 0 Å². The smallest absolute Gasteiger partial charge is 0.337 e. The molecule has 0 saturated carbocycles. The van der Waals surface area contributed by atoms with Crippen LogP contribution in [0.1, 0.15) is 20.7 Å². The molecule has 1 heterocycles. The van der Waals surface area contributed by atoms with E-state index in [0.29, 0.717) is 22.9 Å². The maximum absolute atomic E-state index is 11.5. The van der Waals surface area contributed by atoms with Crippen molar-refractivity contribution in [1.82, 2.24) is 9.97 Å². The van der Waals surface area contributed by atoms with Gasteiger partial charge in [0.05, 0.1) is 23.9 Å². The summed E-state index contributed by atoms with van der Waals surface area (Å²) < 4.78 is 4.66.